The Kier molecular flexibility index (Phi) is 4.88. The van der Waals surface area contributed by atoms with Crippen molar-refractivity contribution in [3.63, 3.8) is 0 Å². The van der Waals surface area contributed by atoms with Gasteiger partial charge in [0, 0.05) is 19.3 Å². The zero-order valence-electron chi connectivity index (χ0n) is 14.2. The second-order valence-corrected chi connectivity index (χ2v) is 6.62. The van der Waals surface area contributed by atoms with Crippen LogP contribution in [0.4, 0.5) is 10.2 Å². The number of carbonyl (C=O) groups is 2. The zero-order valence-corrected chi connectivity index (χ0v) is 14.2. The summed E-state index contributed by atoms with van der Waals surface area (Å²) in [6.45, 7) is 0.692. The number of carboxylic acids is 1. The molecule has 7 heteroatoms. The molecular formula is C19H20FN3O3. The predicted molar refractivity (Wildman–Crippen MR) is 94.4 cm³/mol. The summed E-state index contributed by atoms with van der Waals surface area (Å²) in [5.41, 5.74) is 4.88. The van der Waals surface area contributed by atoms with Crippen molar-refractivity contribution >= 4 is 17.7 Å². The van der Waals surface area contributed by atoms with E-state index in [9.17, 15) is 19.1 Å². The molecular weight excluding hydrogens is 337 g/mol. The molecule has 1 aromatic heterocycles. The van der Waals surface area contributed by atoms with Gasteiger partial charge in [0.05, 0.1) is 11.0 Å². The maximum absolute atomic E-state index is 14.1. The number of carboxylic acid groups (broad SMARTS) is 1. The molecule has 26 heavy (non-hydrogen) atoms. The number of anilines is 1. The van der Waals surface area contributed by atoms with E-state index in [0.29, 0.717) is 30.8 Å². The summed E-state index contributed by atoms with van der Waals surface area (Å²) in [4.78, 5) is 29.8. The summed E-state index contributed by atoms with van der Waals surface area (Å²) in [5.74, 6) is -1.64. The molecule has 3 rings (SSSR count). The molecule has 1 amide bonds. The van der Waals surface area contributed by atoms with Gasteiger partial charge in [-0.15, -0.1) is 0 Å². The molecule has 136 valence electrons. The van der Waals surface area contributed by atoms with Crippen LogP contribution in [0.3, 0.4) is 0 Å². The second kappa shape index (κ2) is 7.11. The lowest BCUT2D eigenvalue weighted by Crippen LogP contribution is -2.50. The molecule has 0 saturated carbocycles. The van der Waals surface area contributed by atoms with Gasteiger partial charge >= 0.3 is 5.97 Å². The standard InChI is InChI=1S/C19H20FN3O3/c20-15-7-2-1-5-13(15)11-19(18(25)26)8-4-10-23(12-19)17-14(16(21)24)6-3-9-22-17/h1-3,5-7,9H,4,8,10-12H2,(H2,21,24)(H,25,26). The molecule has 6 nitrogen and oxygen atoms in total. The molecule has 0 radical (unpaired) electrons. The van der Waals surface area contributed by atoms with Gasteiger partial charge in [0.1, 0.15) is 11.6 Å². The monoisotopic (exact) mass is 357 g/mol. The minimum Gasteiger partial charge on any atom is -0.481 e. The molecule has 1 fully saturated rings. The highest BCUT2D eigenvalue weighted by Crippen LogP contribution is 2.37. The third-order valence-electron chi connectivity index (χ3n) is 4.87. The van der Waals surface area contributed by atoms with Gasteiger partial charge in [0.25, 0.3) is 5.91 Å². The largest absolute Gasteiger partial charge is 0.481 e. The van der Waals surface area contributed by atoms with Crippen molar-refractivity contribution in [3.8, 4) is 0 Å². The van der Waals surface area contributed by atoms with Gasteiger partial charge in [0.15, 0.2) is 0 Å². The summed E-state index contributed by atoms with van der Waals surface area (Å²) >= 11 is 0. The number of pyridine rings is 1. The molecule has 0 bridgehead atoms. The van der Waals surface area contributed by atoms with Crippen LogP contribution in [0.2, 0.25) is 0 Å². The van der Waals surface area contributed by atoms with E-state index in [4.69, 9.17) is 5.73 Å². The van der Waals surface area contributed by atoms with Crippen LogP contribution in [-0.2, 0) is 11.2 Å². The van der Waals surface area contributed by atoms with Crippen LogP contribution in [0.1, 0.15) is 28.8 Å². The number of aromatic nitrogens is 1. The SMILES string of the molecule is NC(=O)c1cccnc1N1CCCC(Cc2ccccc2F)(C(=O)O)C1. The first kappa shape index (κ1) is 17.8. The highest BCUT2D eigenvalue weighted by molar-refractivity contribution is 5.97. The number of amides is 1. The molecule has 1 aliphatic rings. The molecule has 0 spiro atoms. The van der Waals surface area contributed by atoms with Gasteiger partial charge in [0.2, 0.25) is 0 Å². The van der Waals surface area contributed by atoms with E-state index in [1.807, 2.05) is 0 Å². The van der Waals surface area contributed by atoms with Crippen molar-refractivity contribution in [2.24, 2.45) is 11.1 Å². The van der Waals surface area contributed by atoms with Crippen LogP contribution in [0.5, 0.6) is 0 Å². The number of hydrogen-bond donors (Lipinski definition) is 2. The Bertz CT molecular complexity index is 842. The van der Waals surface area contributed by atoms with E-state index in [1.165, 1.54) is 12.3 Å². The fourth-order valence-electron chi connectivity index (χ4n) is 3.55. The summed E-state index contributed by atoms with van der Waals surface area (Å²) in [7, 11) is 0. The van der Waals surface area contributed by atoms with Crippen molar-refractivity contribution < 1.29 is 19.1 Å². The number of hydrogen-bond acceptors (Lipinski definition) is 4. The Balaban J connectivity index is 1.95. The Morgan fingerprint density at radius 1 is 1.27 bits per heavy atom. The van der Waals surface area contributed by atoms with Crippen LogP contribution >= 0.6 is 0 Å². The molecule has 0 aliphatic carbocycles. The third kappa shape index (κ3) is 3.37. The number of benzene rings is 1. The van der Waals surface area contributed by atoms with E-state index in [0.717, 1.165) is 0 Å². The molecule has 1 saturated heterocycles. The van der Waals surface area contributed by atoms with Gasteiger partial charge in [-0.05, 0) is 43.0 Å². The van der Waals surface area contributed by atoms with Crippen molar-refractivity contribution in [2.45, 2.75) is 19.3 Å². The van der Waals surface area contributed by atoms with E-state index in [1.54, 1.807) is 35.2 Å². The summed E-state index contributed by atoms with van der Waals surface area (Å²) in [6, 6.07) is 9.38. The minimum absolute atomic E-state index is 0.0737. The van der Waals surface area contributed by atoms with Crippen molar-refractivity contribution in [1.29, 1.82) is 0 Å². The fourth-order valence-corrected chi connectivity index (χ4v) is 3.55. The number of primary amides is 1. The maximum Gasteiger partial charge on any atom is 0.311 e. The van der Waals surface area contributed by atoms with Gasteiger partial charge in [-0.1, -0.05) is 18.2 Å². The van der Waals surface area contributed by atoms with E-state index in [2.05, 4.69) is 4.98 Å². The van der Waals surface area contributed by atoms with E-state index in [-0.39, 0.29) is 18.5 Å². The highest BCUT2D eigenvalue weighted by Gasteiger charge is 2.43. The van der Waals surface area contributed by atoms with Crippen molar-refractivity contribution in [1.82, 2.24) is 4.98 Å². The molecule has 1 unspecified atom stereocenters. The van der Waals surface area contributed by atoms with Crippen molar-refractivity contribution in [2.75, 3.05) is 18.0 Å². The van der Waals surface area contributed by atoms with Crippen molar-refractivity contribution in [3.05, 3.63) is 59.5 Å². The van der Waals surface area contributed by atoms with Crippen LogP contribution in [-0.4, -0.2) is 35.1 Å². The minimum atomic E-state index is -1.16. The topological polar surface area (TPSA) is 96.5 Å². The summed E-state index contributed by atoms with van der Waals surface area (Å²) in [6.07, 6.45) is 2.63. The molecule has 1 atom stereocenters. The van der Waals surface area contributed by atoms with Gasteiger partial charge in [-0.2, -0.15) is 0 Å². The summed E-state index contributed by atoms with van der Waals surface area (Å²) in [5, 5.41) is 9.92. The second-order valence-electron chi connectivity index (χ2n) is 6.62. The number of nitrogens with two attached hydrogens (primary N) is 1. The Hall–Kier alpha value is -2.96. The Morgan fingerprint density at radius 3 is 2.73 bits per heavy atom. The Labute approximate surface area is 150 Å². The first-order valence-corrected chi connectivity index (χ1v) is 8.39. The average molecular weight is 357 g/mol. The Morgan fingerprint density at radius 2 is 2.04 bits per heavy atom. The first-order chi connectivity index (χ1) is 12.4. The third-order valence-corrected chi connectivity index (χ3v) is 4.87. The lowest BCUT2D eigenvalue weighted by molar-refractivity contribution is -0.149. The number of aliphatic carboxylic acids is 1. The quantitative estimate of drug-likeness (QED) is 0.855. The summed E-state index contributed by atoms with van der Waals surface area (Å²) < 4.78 is 14.1. The highest BCUT2D eigenvalue weighted by atomic mass is 19.1. The van der Waals surface area contributed by atoms with Crippen LogP contribution < -0.4 is 10.6 Å². The van der Waals surface area contributed by atoms with Crippen LogP contribution in [0.25, 0.3) is 0 Å². The van der Waals surface area contributed by atoms with Gasteiger partial charge in [-0.25, -0.2) is 9.37 Å². The lowest BCUT2D eigenvalue weighted by atomic mass is 9.75. The number of carbonyl (C=O) groups excluding carboxylic acids is 1. The molecule has 2 aromatic rings. The smallest absolute Gasteiger partial charge is 0.311 e. The maximum atomic E-state index is 14.1. The predicted octanol–water partition coefficient (Wildman–Crippen LogP) is 2.23. The van der Waals surface area contributed by atoms with Gasteiger partial charge < -0.3 is 15.7 Å². The zero-order chi connectivity index (χ0) is 18.7. The molecule has 1 aromatic carbocycles. The number of piperidine rings is 1. The first-order valence-electron chi connectivity index (χ1n) is 8.39. The van der Waals surface area contributed by atoms with E-state index >= 15 is 0 Å². The van der Waals surface area contributed by atoms with E-state index < -0.39 is 23.1 Å². The molecule has 3 N–H and O–H groups in total. The average Bonchev–Trinajstić information content (AvgIpc) is 2.64. The lowest BCUT2D eigenvalue weighted by Gasteiger charge is -2.41. The number of rotatable bonds is 5. The fraction of sp³-hybridized carbons (Fsp3) is 0.316. The number of halogens is 1. The number of nitrogens with zero attached hydrogens (tertiary/aromatic N) is 2. The molecule has 1 aliphatic heterocycles. The van der Waals surface area contributed by atoms with Crippen LogP contribution in [0.15, 0.2) is 42.6 Å². The van der Waals surface area contributed by atoms with Gasteiger partial charge in [-0.3, -0.25) is 9.59 Å². The normalized spacial score (nSPS) is 20.0. The van der Waals surface area contributed by atoms with Crippen LogP contribution in [0, 0.1) is 11.2 Å². The molecule has 2 heterocycles.